The SMILES string of the molecule is CC(C)(N)CN1CCN(S(=O)(=O)C2CCS(=O)(=O)C2)CC1. The highest BCUT2D eigenvalue weighted by molar-refractivity contribution is 7.95. The van der Waals surface area contributed by atoms with Gasteiger partial charge in [0, 0.05) is 38.3 Å². The van der Waals surface area contributed by atoms with E-state index in [1.54, 1.807) is 0 Å². The topological polar surface area (TPSA) is 101 Å². The summed E-state index contributed by atoms with van der Waals surface area (Å²) in [5.74, 6) is -0.246. The fourth-order valence-electron chi connectivity index (χ4n) is 2.93. The van der Waals surface area contributed by atoms with Gasteiger partial charge in [-0.15, -0.1) is 0 Å². The van der Waals surface area contributed by atoms with Gasteiger partial charge in [0.15, 0.2) is 9.84 Å². The van der Waals surface area contributed by atoms with Crippen molar-refractivity contribution in [3.63, 3.8) is 0 Å². The molecule has 0 aromatic heterocycles. The number of nitrogens with zero attached hydrogens (tertiary/aromatic N) is 2. The van der Waals surface area contributed by atoms with Crippen molar-refractivity contribution in [1.82, 2.24) is 9.21 Å². The molecule has 2 rings (SSSR count). The maximum Gasteiger partial charge on any atom is 0.218 e. The van der Waals surface area contributed by atoms with Gasteiger partial charge in [0.1, 0.15) is 0 Å². The van der Waals surface area contributed by atoms with E-state index in [2.05, 4.69) is 4.90 Å². The smallest absolute Gasteiger partial charge is 0.218 e. The number of sulfonamides is 1. The number of piperazine rings is 1. The molecular weight excluding hydrogens is 314 g/mol. The third kappa shape index (κ3) is 4.38. The van der Waals surface area contributed by atoms with E-state index >= 15 is 0 Å². The van der Waals surface area contributed by atoms with Crippen LogP contribution in [0, 0.1) is 0 Å². The van der Waals surface area contributed by atoms with Gasteiger partial charge in [0.2, 0.25) is 10.0 Å². The Kier molecular flexibility index (Phi) is 4.71. The van der Waals surface area contributed by atoms with E-state index in [0.29, 0.717) is 26.2 Å². The molecule has 9 heteroatoms. The largest absolute Gasteiger partial charge is 0.324 e. The van der Waals surface area contributed by atoms with Crippen molar-refractivity contribution in [3.05, 3.63) is 0 Å². The third-order valence-corrected chi connectivity index (χ3v) is 8.24. The second-order valence-electron chi connectivity index (χ2n) is 6.73. The van der Waals surface area contributed by atoms with Crippen LogP contribution in [0.4, 0.5) is 0 Å². The molecule has 0 spiro atoms. The Balaban J connectivity index is 1.95. The van der Waals surface area contributed by atoms with Crippen LogP contribution >= 0.6 is 0 Å². The van der Waals surface area contributed by atoms with Gasteiger partial charge in [-0.25, -0.2) is 16.8 Å². The summed E-state index contributed by atoms with van der Waals surface area (Å²) >= 11 is 0. The number of sulfone groups is 1. The maximum atomic E-state index is 12.5. The first-order valence-electron chi connectivity index (χ1n) is 7.20. The molecule has 21 heavy (non-hydrogen) atoms. The van der Waals surface area contributed by atoms with E-state index < -0.39 is 25.1 Å². The standard InChI is InChI=1S/C12H25N3O4S2/c1-12(2,13)10-14-4-6-15(7-5-14)21(18,19)11-3-8-20(16,17)9-11/h11H,3-10,13H2,1-2H3. The summed E-state index contributed by atoms with van der Waals surface area (Å²) in [6, 6.07) is 0. The highest BCUT2D eigenvalue weighted by atomic mass is 32.2. The van der Waals surface area contributed by atoms with Gasteiger partial charge in [0.25, 0.3) is 0 Å². The highest BCUT2D eigenvalue weighted by Crippen LogP contribution is 2.23. The molecule has 2 heterocycles. The van der Waals surface area contributed by atoms with Crippen molar-refractivity contribution < 1.29 is 16.8 Å². The minimum absolute atomic E-state index is 0.0157. The molecule has 7 nitrogen and oxygen atoms in total. The van der Waals surface area contributed by atoms with E-state index in [1.807, 2.05) is 13.8 Å². The van der Waals surface area contributed by atoms with Crippen molar-refractivity contribution in [2.24, 2.45) is 5.73 Å². The molecule has 2 aliphatic heterocycles. The second kappa shape index (κ2) is 5.77. The Morgan fingerprint density at radius 3 is 2.19 bits per heavy atom. The van der Waals surface area contributed by atoms with Crippen LogP contribution in [0.25, 0.3) is 0 Å². The maximum absolute atomic E-state index is 12.5. The van der Waals surface area contributed by atoms with E-state index in [-0.39, 0.29) is 23.5 Å². The van der Waals surface area contributed by atoms with Crippen molar-refractivity contribution >= 4 is 19.9 Å². The van der Waals surface area contributed by atoms with Crippen LogP contribution in [-0.2, 0) is 19.9 Å². The van der Waals surface area contributed by atoms with Crippen LogP contribution in [0.15, 0.2) is 0 Å². The first kappa shape index (κ1) is 17.1. The third-order valence-electron chi connectivity index (χ3n) is 3.93. The van der Waals surface area contributed by atoms with E-state index in [4.69, 9.17) is 5.73 Å². The molecule has 2 aliphatic rings. The molecule has 124 valence electrons. The van der Waals surface area contributed by atoms with Crippen molar-refractivity contribution in [2.45, 2.75) is 31.1 Å². The molecule has 0 amide bonds. The average molecular weight is 339 g/mol. The van der Waals surface area contributed by atoms with Crippen LogP contribution in [0.3, 0.4) is 0 Å². The summed E-state index contributed by atoms with van der Waals surface area (Å²) in [5.41, 5.74) is 5.67. The predicted molar refractivity (Wildman–Crippen MR) is 82.3 cm³/mol. The summed E-state index contributed by atoms with van der Waals surface area (Å²) in [6.45, 7) is 6.71. The predicted octanol–water partition coefficient (Wildman–Crippen LogP) is -1.14. The summed E-state index contributed by atoms with van der Waals surface area (Å²) in [5, 5.41) is -0.764. The van der Waals surface area contributed by atoms with Gasteiger partial charge < -0.3 is 5.73 Å². The Morgan fingerprint density at radius 1 is 1.19 bits per heavy atom. The highest BCUT2D eigenvalue weighted by Gasteiger charge is 2.41. The fraction of sp³-hybridized carbons (Fsp3) is 1.00. The van der Waals surface area contributed by atoms with Crippen LogP contribution in [0.1, 0.15) is 20.3 Å². The molecule has 0 saturated carbocycles. The quantitative estimate of drug-likeness (QED) is 0.695. The van der Waals surface area contributed by atoms with Crippen LogP contribution in [0.5, 0.6) is 0 Å². The lowest BCUT2D eigenvalue weighted by Crippen LogP contribution is -2.55. The van der Waals surface area contributed by atoms with Crippen molar-refractivity contribution in [1.29, 1.82) is 0 Å². The van der Waals surface area contributed by atoms with Gasteiger partial charge >= 0.3 is 0 Å². The Hall–Kier alpha value is -0.220. The summed E-state index contributed by atoms with van der Waals surface area (Å²) in [6.07, 6.45) is 0.223. The fourth-order valence-corrected chi connectivity index (χ4v) is 7.44. The van der Waals surface area contributed by atoms with Crippen LogP contribution < -0.4 is 5.73 Å². The minimum Gasteiger partial charge on any atom is -0.324 e. The van der Waals surface area contributed by atoms with Crippen molar-refractivity contribution in [3.8, 4) is 0 Å². The molecule has 0 aliphatic carbocycles. The molecule has 0 bridgehead atoms. The molecule has 2 N–H and O–H groups in total. The molecule has 2 saturated heterocycles. The zero-order valence-corrected chi connectivity index (χ0v) is 14.3. The summed E-state index contributed by atoms with van der Waals surface area (Å²) in [7, 11) is -6.69. The summed E-state index contributed by atoms with van der Waals surface area (Å²) in [4.78, 5) is 2.15. The second-order valence-corrected chi connectivity index (χ2v) is 11.2. The van der Waals surface area contributed by atoms with Gasteiger partial charge in [-0.3, -0.25) is 4.90 Å². The first-order chi connectivity index (χ1) is 9.50. The van der Waals surface area contributed by atoms with Gasteiger partial charge in [-0.1, -0.05) is 0 Å². The minimum atomic E-state index is -3.50. The van der Waals surface area contributed by atoms with Gasteiger partial charge in [-0.05, 0) is 20.3 Å². The summed E-state index contributed by atoms with van der Waals surface area (Å²) < 4.78 is 49.4. The molecule has 2 fully saturated rings. The van der Waals surface area contributed by atoms with E-state index in [0.717, 1.165) is 6.54 Å². The van der Waals surface area contributed by atoms with Gasteiger partial charge in [-0.2, -0.15) is 4.31 Å². The Morgan fingerprint density at radius 2 is 1.76 bits per heavy atom. The first-order valence-corrected chi connectivity index (χ1v) is 10.5. The zero-order valence-electron chi connectivity index (χ0n) is 12.7. The molecule has 1 unspecified atom stereocenters. The van der Waals surface area contributed by atoms with Gasteiger partial charge in [0.05, 0.1) is 16.8 Å². The number of hydrogen-bond donors (Lipinski definition) is 1. The molecular formula is C12H25N3O4S2. The molecule has 0 aromatic rings. The number of rotatable bonds is 4. The van der Waals surface area contributed by atoms with E-state index in [9.17, 15) is 16.8 Å². The number of hydrogen-bond acceptors (Lipinski definition) is 6. The lowest BCUT2D eigenvalue weighted by molar-refractivity contribution is 0.161. The van der Waals surface area contributed by atoms with E-state index in [1.165, 1.54) is 4.31 Å². The zero-order chi connectivity index (χ0) is 15.9. The Bertz CT molecular complexity index is 572. The normalized spacial score (nSPS) is 28.8. The molecule has 1 atom stereocenters. The van der Waals surface area contributed by atoms with Crippen LogP contribution in [0.2, 0.25) is 0 Å². The molecule has 0 aromatic carbocycles. The molecule has 0 radical (unpaired) electrons. The lowest BCUT2D eigenvalue weighted by Gasteiger charge is -2.37. The average Bonchev–Trinajstić information content (AvgIpc) is 2.69. The van der Waals surface area contributed by atoms with Crippen molar-refractivity contribution in [2.75, 3.05) is 44.2 Å². The Labute approximate surface area is 127 Å². The lowest BCUT2D eigenvalue weighted by atomic mass is 10.1. The number of nitrogens with two attached hydrogens (primary N) is 1. The van der Waals surface area contributed by atoms with Crippen LogP contribution in [-0.4, -0.2) is 81.1 Å². The monoisotopic (exact) mass is 339 g/mol.